The lowest BCUT2D eigenvalue weighted by atomic mass is 9.97. The Labute approximate surface area is 187 Å². The first-order valence-electron chi connectivity index (χ1n) is 11.3. The molecular formula is C20H29FN6O5. The standard InChI is InChI=1S/C20H29FN6O5/c1-19(2,3)16(28)30-7-9-12(32-17(29)20(4,5)6)10(21)15(31-9)27-8-24-11-13(22)25-18(23)26-14(11)27/h8-10,12,15H,7H2,1-6H3,(H4,22,23,25,26)/t9-,10-,12-,15?/m1/s1/i1D,4D. The van der Waals surface area contributed by atoms with Gasteiger partial charge in [-0.3, -0.25) is 14.2 Å². The summed E-state index contributed by atoms with van der Waals surface area (Å²) in [7, 11) is 0. The highest BCUT2D eigenvalue weighted by Gasteiger charge is 2.50. The highest BCUT2D eigenvalue weighted by Crippen LogP contribution is 2.37. The molecule has 0 radical (unpaired) electrons. The number of imidazole rings is 1. The van der Waals surface area contributed by atoms with E-state index < -0.39 is 54.0 Å². The summed E-state index contributed by atoms with van der Waals surface area (Å²) in [5, 5.41) is 0. The quantitative estimate of drug-likeness (QED) is 0.652. The zero-order valence-corrected chi connectivity index (χ0v) is 18.4. The summed E-state index contributed by atoms with van der Waals surface area (Å²) in [5.41, 5.74) is 9.51. The molecule has 1 aliphatic rings. The molecule has 4 atom stereocenters. The minimum absolute atomic E-state index is 0.00191. The van der Waals surface area contributed by atoms with Crippen LogP contribution >= 0.6 is 0 Å². The topological polar surface area (TPSA) is 157 Å². The van der Waals surface area contributed by atoms with Crippen molar-refractivity contribution in [3.05, 3.63) is 6.33 Å². The average Bonchev–Trinajstić information content (AvgIpc) is 3.33. The van der Waals surface area contributed by atoms with Crippen LogP contribution in [-0.2, 0) is 23.8 Å². The van der Waals surface area contributed by atoms with E-state index in [9.17, 15) is 9.59 Å². The lowest BCUT2D eigenvalue weighted by molar-refractivity contribution is -0.168. The number of ether oxygens (including phenoxy) is 3. The van der Waals surface area contributed by atoms with Gasteiger partial charge in [-0.05, 0) is 41.5 Å². The molecule has 0 saturated carbocycles. The molecule has 2 aromatic heterocycles. The molecule has 1 unspecified atom stereocenters. The summed E-state index contributed by atoms with van der Waals surface area (Å²) < 4.78 is 48.5. The van der Waals surface area contributed by atoms with E-state index in [-0.39, 0.29) is 36.7 Å². The Morgan fingerprint density at radius 2 is 1.88 bits per heavy atom. The number of alkyl halides is 1. The molecule has 1 fully saturated rings. The average molecular weight is 454 g/mol. The fraction of sp³-hybridized carbons (Fsp3) is 0.650. The van der Waals surface area contributed by atoms with Gasteiger partial charge in [-0.2, -0.15) is 9.97 Å². The summed E-state index contributed by atoms with van der Waals surface area (Å²) in [6, 6.07) is 0. The van der Waals surface area contributed by atoms with Crippen LogP contribution in [-0.4, -0.2) is 56.4 Å². The number of esters is 2. The number of anilines is 2. The monoisotopic (exact) mass is 454 g/mol. The van der Waals surface area contributed by atoms with Crippen molar-refractivity contribution in [2.45, 2.75) is 66.1 Å². The predicted octanol–water partition coefficient (Wildman–Crippen LogP) is 1.77. The van der Waals surface area contributed by atoms with Crippen molar-refractivity contribution in [1.29, 1.82) is 0 Å². The number of rotatable bonds is 4. The molecule has 0 spiro atoms. The second-order valence-electron chi connectivity index (χ2n) is 9.04. The molecule has 11 nitrogen and oxygen atoms in total. The van der Waals surface area contributed by atoms with Crippen molar-refractivity contribution >= 4 is 34.9 Å². The molecule has 176 valence electrons. The number of hydrogen-bond acceptors (Lipinski definition) is 10. The van der Waals surface area contributed by atoms with E-state index in [0.717, 1.165) is 0 Å². The summed E-state index contributed by atoms with van der Waals surface area (Å²) in [4.78, 5) is 36.9. The maximum absolute atomic E-state index is 15.7. The molecule has 0 aliphatic carbocycles. The fourth-order valence-corrected chi connectivity index (χ4v) is 2.97. The van der Waals surface area contributed by atoms with Gasteiger partial charge in [0.05, 0.1) is 17.2 Å². The third-order valence-electron chi connectivity index (χ3n) is 4.73. The van der Waals surface area contributed by atoms with Crippen LogP contribution < -0.4 is 11.5 Å². The van der Waals surface area contributed by atoms with Crippen LogP contribution in [0.1, 0.15) is 50.5 Å². The van der Waals surface area contributed by atoms with Crippen LogP contribution in [0.5, 0.6) is 0 Å². The number of halogens is 1. The smallest absolute Gasteiger partial charge is 0.311 e. The third-order valence-corrected chi connectivity index (χ3v) is 4.73. The Morgan fingerprint density at radius 3 is 2.53 bits per heavy atom. The van der Waals surface area contributed by atoms with Crippen LogP contribution in [0.25, 0.3) is 11.2 Å². The maximum Gasteiger partial charge on any atom is 0.311 e. The third kappa shape index (κ3) is 4.59. The molecule has 1 aliphatic heterocycles. The van der Waals surface area contributed by atoms with Crippen molar-refractivity contribution in [3.8, 4) is 0 Å². The van der Waals surface area contributed by atoms with E-state index in [1.807, 2.05) is 0 Å². The van der Waals surface area contributed by atoms with Gasteiger partial charge in [0.15, 0.2) is 30.0 Å². The molecular weight excluding hydrogens is 423 g/mol. The summed E-state index contributed by atoms with van der Waals surface area (Å²) in [5.74, 6) is -1.63. The minimum Gasteiger partial charge on any atom is -0.462 e. The molecule has 1 saturated heterocycles. The maximum atomic E-state index is 15.7. The molecule has 0 amide bonds. The second-order valence-corrected chi connectivity index (χ2v) is 9.04. The first-order chi connectivity index (χ1) is 15.8. The van der Waals surface area contributed by atoms with Crippen molar-refractivity contribution in [2.24, 2.45) is 10.8 Å². The van der Waals surface area contributed by atoms with E-state index in [2.05, 4.69) is 15.0 Å². The van der Waals surface area contributed by atoms with E-state index in [1.165, 1.54) is 24.7 Å². The number of carbonyl (C=O) groups is 2. The van der Waals surface area contributed by atoms with Gasteiger partial charge in [0.25, 0.3) is 0 Å². The lowest BCUT2D eigenvalue weighted by Crippen LogP contribution is -2.40. The largest absolute Gasteiger partial charge is 0.462 e. The summed E-state index contributed by atoms with van der Waals surface area (Å²) in [6.07, 6.45) is -4.65. The first-order valence-corrected chi connectivity index (χ1v) is 9.84. The zero-order chi connectivity index (χ0) is 25.4. The van der Waals surface area contributed by atoms with E-state index in [1.54, 1.807) is 13.8 Å². The zero-order valence-electron chi connectivity index (χ0n) is 20.4. The molecule has 32 heavy (non-hydrogen) atoms. The van der Waals surface area contributed by atoms with Crippen molar-refractivity contribution in [1.82, 2.24) is 19.5 Å². The predicted molar refractivity (Wildman–Crippen MR) is 113 cm³/mol. The van der Waals surface area contributed by atoms with Gasteiger partial charge in [0.1, 0.15) is 18.2 Å². The van der Waals surface area contributed by atoms with Gasteiger partial charge in [0, 0.05) is 2.74 Å². The Hall–Kier alpha value is -3.02. The second kappa shape index (κ2) is 8.15. The number of carbonyl (C=O) groups excluding carboxylic acids is 2. The summed E-state index contributed by atoms with van der Waals surface area (Å²) in [6.45, 7) is 5.16. The van der Waals surface area contributed by atoms with Gasteiger partial charge < -0.3 is 25.7 Å². The van der Waals surface area contributed by atoms with Crippen LogP contribution in [0, 0.1) is 10.8 Å². The van der Waals surface area contributed by atoms with Crippen LogP contribution in [0.3, 0.4) is 0 Å². The van der Waals surface area contributed by atoms with Crippen LogP contribution in [0.15, 0.2) is 6.33 Å². The van der Waals surface area contributed by atoms with Crippen molar-refractivity contribution < 1.29 is 30.9 Å². The Bertz CT molecular complexity index is 1080. The number of aromatic nitrogens is 4. The van der Waals surface area contributed by atoms with Crippen LogP contribution in [0.2, 0.25) is 0 Å². The molecule has 3 heterocycles. The molecule has 2 aromatic rings. The lowest BCUT2D eigenvalue weighted by Gasteiger charge is -2.25. The number of hydrogen-bond donors (Lipinski definition) is 2. The SMILES string of the molecule is [2H]CC(C)(C)C(=O)OC[C@H]1OC(n2cnc3c(N)nc(N)nc32)[C@H](F)[C@@H]1OC(=O)C(C)(C)C[2H]. The highest BCUT2D eigenvalue weighted by molar-refractivity contribution is 5.82. The van der Waals surface area contributed by atoms with Gasteiger partial charge in [-0.25, -0.2) is 9.37 Å². The Morgan fingerprint density at radius 1 is 1.22 bits per heavy atom. The van der Waals surface area contributed by atoms with Gasteiger partial charge in [0.2, 0.25) is 5.95 Å². The molecule has 12 heteroatoms. The summed E-state index contributed by atoms with van der Waals surface area (Å²) >= 11 is 0. The fourth-order valence-electron chi connectivity index (χ4n) is 2.97. The van der Waals surface area contributed by atoms with Crippen molar-refractivity contribution in [3.63, 3.8) is 0 Å². The first kappa shape index (κ1) is 20.9. The number of nitrogens with two attached hydrogens (primary N) is 2. The molecule has 0 bridgehead atoms. The normalized spacial score (nSPS) is 24.8. The number of fused-ring (bicyclic) bond motifs is 1. The van der Waals surface area contributed by atoms with E-state index in [0.29, 0.717) is 0 Å². The number of nitrogens with zero attached hydrogens (tertiary/aromatic N) is 4. The minimum atomic E-state index is -1.91. The Balaban J connectivity index is 1.92. The van der Waals surface area contributed by atoms with Gasteiger partial charge in [-0.1, -0.05) is 0 Å². The van der Waals surface area contributed by atoms with E-state index >= 15 is 4.39 Å². The number of nitrogen functional groups attached to an aromatic ring is 2. The van der Waals surface area contributed by atoms with Gasteiger partial charge in [-0.15, -0.1) is 0 Å². The molecule has 0 aromatic carbocycles. The van der Waals surface area contributed by atoms with Crippen molar-refractivity contribution in [2.75, 3.05) is 18.1 Å². The molecule has 4 N–H and O–H groups in total. The molecule has 3 rings (SSSR count). The van der Waals surface area contributed by atoms with Crippen LogP contribution in [0.4, 0.5) is 16.2 Å². The highest BCUT2D eigenvalue weighted by atomic mass is 19.1. The Kier molecular flexibility index (Phi) is 5.31. The van der Waals surface area contributed by atoms with E-state index in [4.69, 9.17) is 28.4 Å². The van der Waals surface area contributed by atoms with Gasteiger partial charge >= 0.3 is 11.9 Å².